The molecule has 4 rings (SSSR count). The summed E-state index contributed by atoms with van der Waals surface area (Å²) in [6, 6.07) is 5.69. The number of benzene rings is 1. The van der Waals surface area contributed by atoms with Gasteiger partial charge < -0.3 is 33.7 Å². The maximum absolute atomic E-state index is 14.1. The third-order valence-electron chi connectivity index (χ3n) is 8.45. The van der Waals surface area contributed by atoms with Gasteiger partial charge in [-0.05, 0) is 56.0 Å². The van der Waals surface area contributed by atoms with Crippen molar-refractivity contribution in [3.05, 3.63) is 42.2 Å². The van der Waals surface area contributed by atoms with Crippen molar-refractivity contribution < 1.29 is 37.9 Å². The van der Waals surface area contributed by atoms with E-state index in [-0.39, 0.29) is 19.1 Å². The molecular formula is C30H43BN2O8. The molecule has 0 unspecified atom stereocenters. The Labute approximate surface area is 243 Å². The number of alkyl carbamates (subject to hydrolysis) is 1. The van der Waals surface area contributed by atoms with Gasteiger partial charge in [-0.1, -0.05) is 51.6 Å². The van der Waals surface area contributed by atoms with Crippen LogP contribution in [0.5, 0.6) is 0 Å². The zero-order valence-corrected chi connectivity index (χ0v) is 25.3. The van der Waals surface area contributed by atoms with Crippen LogP contribution in [-0.4, -0.2) is 74.5 Å². The second-order valence-electron chi connectivity index (χ2n) is 12.8. The van der Waals surface area contributed by atoms with Crippen LogP contribution in [0.25, 0.3) is 0 Å². The predicted molar refractivity (Wildman–Crippen MR) is 153 cm³/mol. The van der Waals surface area contributed by atoms with E-state index in [0.717, 1.165) is 36.7 Å². The maximum Gasteiger partial charge on any atom is 0.563 e. The molecule has 2 amide bonds. The van der Waals surface area contributed by atoms with Gasteiger partial charge in [-0.2, -0.15) is 0 Å². The molecule has 3 fully saturated rings. The van der Waals surface area contributed by atoms with Gasteiger partial charge in [0.05, 0.1) is 19.4 Å². The van der Waals surface area contributed by atoms with Gasteiger partial charge in [0, 0.05) is 13.5 Å². The van der Waals surface area contributed by atoms with E-state index in [2.05, 4.69) is 11.9 Å². The SMILES string of the molecule is C=C1OB(c2ccc([C@]3(OC)C[C@@H](C(=O)OC)N(C(=O)[C@@H](NC(=O)OC4CCCC4)C(C)(C)C)C3)cc2)OC1(C)C. The fraction of sp³-hybridized carbons (Fsp3) is 0.633. The molecule has 224 valence electrons. The number of hydrogen-bond acceptors (Lipinski definition) is 8. The second kappa shape index (κ2) is 11.7. The summed E-state index contributed by atoms with van der Waals surface area (Å²) in [5.74, 6) is -0.399. The van der Waals surface area contributed by atoms with Gasteiger partial charge in [0.25, 0.3) is 0 Å². The summed E-state index contributed by atoms with van der Waals surface area (Å²) in [6.07, 6.45) is 3.08. The van der Waals surface area contributed by atoms with Crippen LogP contribution in [-0.2, 0) is 38.7 Å². The standard InChI is InChI=1S/C30H43BN2O8/c1-19-29(5,6)41-31(40-19)21-15-13-20(14-16-21)30(38-8)17-23(26(35)37-7)33(18-30)25(34)24(28(2,3)4)32-27(36)39-22-11-9-10-12-22/h13-16,22-24H,1,9-12,17-18H2,2-8H3,(H,32,36)/t23-,24+,30-/m0/s1. The van der Waals surface area contributed by atoms with Gasteiger partial charge in [0.1, 0.15) is 29.4 Å². The maximum atomic E-state index is 14.1. The van der Waals surface area contributed by atoms with Gasteiger partial charge >= 0.3 is 19.2 Å². The zero-order valence-electron chi connectivity index (χ0n) is 25.3. The predicted octanol–water partition coefficient (Wildman–Crippen LogP) is 3.42. The number of ether oxygens (including phenoxy) is 3. The van der Waals surface area contributed by atoms with Crippen molar-refractivity contribution in [1.82, 2.24) is 10.2 Å². The first-order chi connectivity index (χ1) is 19.2. The number of methoxy groups -OCH3 is 2. The van der Waals surface area contributed by atoms with Crippen molar-refractivity contribution in [3.63, 3.8) is 0 Å². The number of likely N-dealkylation sites (tertiary alicyclic amines) is 1. The molecule has 2 aliphatic heterocycles. The van der Waals surface area contributed by atoms with Crippen molar-refractivity contribution >= 4 is 30.6 Å². The molecule has 0 spiro atoms. The van der Waals surface area contributed by atoms with Crippen LogP contribution in [0.15, 0.2) is 36.6 Å². The number of amides is 2. The fourth-order valence-electron chi connectivity index (χ4n) is 5.76. The highest BCUT2D eigenvalue weighted by Gasteiger charge is 2.53. The molecule has 3 atom stereocenters. The Bertz CT molecular complexity index is 1160. The summed E-state index contributed by atoms with van der Waals surface area (Å²) < 4.78 is 28.5. The Balaban J connectivity index is 1.58. The number of nitrogens with zero attached hydrogens (tertiary/aromatic N) is 1. The third-order valence-corrected chi connectivity index (χ3v) is 8.45. The molecule has 0 radical (unpaired) electrons. The minimum atomic E-state index is -0.986. The lowest BCUT2D eigenvalue weighted by Gasteiger charge is -2.35. The number of carbonyl (C=O) groups is 3. The minimum absolute atomic E-state index is 0.0909. The van der Waals surface area contributed by atoms with E-state index in [0.29, 0.717) is 5.76 Å². The van der Waals surface area contributed by atoms with Crippen molar-refractivity contribution in [2.75, 3.05) is 20.8 Å². The molecule has 1 aromatic rings. The molecule has 41 heavy (non-hydrogen) atoms. The summed E-state index contributed by atoms with van der Waals surface area (Å²) >= 11 is 0. The van der Waals surface area contributed by atoms with Crippen LogP contribution in [0.4, 0.5) is 4.79 Å². The lowest BCUT2D eigenvalue weighted by molar-refractivity contribution is -0.152. The van der Waals surface area contributed by atoms with Crippen molar-refractivity contribution in [1.29, 1.82) is 0 Å². The third kappa shape index (κ3) is 6.41. The topological polar surface area (TPSA) is 113 Å². The van der Waals surface area contributed by atoms with Gasteiger partial charge in [-0.15, -0.1) is 0 Å². The molecule has 1 aliphatic carbocycles. The fourth-order valence-corrected chi connectivity index (χ4v) is 5.76. The molecule has 11 heteroatoms. The molecule has 1 saturated carbocycles. The van der Waals surface area contributed by atoms with Crippen molar-refractivity contribution in [2.24, 2.45) is 5.41 Å². The van der Waals surface area contributed by atoms with Gasteiger partial charge in [0.2, 0.25) is 5.91 Å². The van der Waals surface area contributed by atoms with E-state index in [1.54, 1.807) is 7.11 Å². The first-order valence-corrected chi connectivity index (χ1v) is 14.3. The van der Waals surface area contributed by atoms with Crippen molar-refractivity contribution in [3.8, 4) is 0 Å². The Morgan fingerprint density at radius 3 is 2.27 bits per heavy atom. The van der Waals surface area contributed by atoms with Gasteiger partial charge in [-0.25, -0.2) is 9.59 Å². The normalized spacial score (nSPS) is 25.1. The Hall–Kier alpha value is -3.05. The molecule has 1 aromatic carbocycles. The van der Waals surface area contributed by atoms with Crippen molar-refractivity contribution in [2.45, 2.75) is 96.1 Å². The average molecular weight is 570 g/mol. The van der Waals surface area contributed by atoms with E-state index >= 15 is 0 Å². The van der Waals surface area contributed by atoms with Crippen LogP contribution >= 0.6 is 0 Å². The number of nitrogens with one attached hydrogen (secondary N) is 1. The second-order valence-corrected chi connectivity index (χ2v) is 12.8. The van der Waals surface area contributed by atoms with Crippen LogP contribution < -0.4 is 10.8 Å². The number of esters is 1. The quantitative estimate of drug-likeness (QED) is 0.392. The lowest BCUT2D eigenvalue weighted by atomic mass is 9.77. The molecule has 2 saturated heterocycles. The van der Waals surface area contributed by atoms with E-state index in [1.165, 1.54) is 12.0 Å². The highest BCUT2D eigenvalue weighted by molar-refractivity contribution is 6.62. The Kier molecular flexibility index (Phi) is 8.80. The Morgan fingerprint density at radius 2 is 1.76 bits per heavy atom. The molecule has 1 N–H and O–H groups in total. The summed E-state index contributed by atoms with van der Waals surface area (Å²) in [4.78, 5) is 41.4. The van der Waals surface area contributed by atoms with E-state index < -0.39 is 53.8 Å². The van der Waals surface area contributed by atoms with Gasteiger partial charge in [-0.3, -0.25) is 4.79 Å². The van der Waals surface area contributed by atoms with Crippen LogP contribution in [0, 0.1) is 5.41 Å². The van der Waals surface area contributed by atoms with Crippen LogP contribution in [0.1, 0.15) is 72.3 Å². The number of hydrogen-bond donors (Lipinski definition) is 1. The Morgan fingerprint density at radius 1 is 1.12 bits per heavy atom. The minimum Gasteiger partial charge on any atom is -0.534 e. The highest BCUT2D eigenvalue weighted by Crippen LogP contribution is 2.40. The van der Waals surface area contributed by atoms with Crippen LogP contribution in [0.3, 0.4) is 0 Å². The van der Waals surface area contributed by atoms with Crippen LogP contribution in [0.2, 0.25) is 0 Å². The molecule has 0 aromatic heterocycles. The first-order valence-electron chi connectivity index (χ1n) is 14.3. The molecule has 10 nitrogen and oxygen atoms in total. The van der Waals surface area contributed by atoms with Gasteiger partial charge in [0.15, 0.2) is 0 Å². The summed E-state index contributed by atoms with van der Waals surface area (Å²) in [6.45, 7) is 13.4. The highest BCUT2D eigenvalue weighted by atomic mass is 16.7. The molecule has 2 heterocycles. The summed E-state index contributed by atoms with van der Waals surface area (Å²) in [5, 5.41) is 2.79. The monoisotopic (exact) mass is 570 g/mol. The summed E-state index contributed by atoms with van der Waals surface area (Å²) in [5.41, 5.74) is -0.658. The molecule has 0 bridgehead atoms. The number of carbonyl (C=O) groups excluding carboxylic acids is 3. The lowest BCUT2D eigenvalue weighted by Crippen LogP contribution is -2.57. The smallest absolute Gasteiger partial charge is 0.534 e. The first kappa shape index (κ1) is 30.9. The van der Waals surface area contributed by atoms with E-state index in [9.17, 15) is 14.4 Å². The zero-order chi connectivity index (χ0) is 30.2. The van der Waals surface area contributed by atoms with E-state index in [4.69, 9.17) is 23.5 Å². The average Bonchev–Trinajstić information content (AvgIpc) is 3.64. The number of rotatable bonds is 7. The van der Waals surface area contributed by atoms with E-state index in [1.807, 2.05) is 58.9 Å². The largest absolute Gasteiger partial charge is 0.563 e. The summed E-state index contributed by atoms with van der Waals surface area (Å²) in [7, 11) is 2.27. The molecule has 3 aliphatic rings. The molecular weight excluding hydrogens is 527 g/mol.